The first-order valence-electron chi connectivity index (χ1n) is 16.4. The zero-order chi connectivity index (χ0) is 39.9. The number of aliphatic hydroxyl groups is 2. The van der Waals surface area contributed by atoms with Crippen LogP contribution in [0, 0.1) is 35.5 Å². The van der Waals surface area contributed by atoms with Gasteiger partial charge in [0.15, 0.2) is 12.1 Å². The highest BCUT2D eigenvalue weighted by atomic mass is 35.5. The second-order valence-corrected chi connectivity index (χ2v) is 14.4. The van der Waals surface area contributed by atoms with Gasteiger partial charge in [-0.3, -0.25) is 0 Å². The van der Waals surface area contributed by atoms with Crippen molar-refractivity contribution in [3.8, 4) is 24.7 Å². The second kappa shape index (κ2) is 31.8. The van der Waals surface area contributed by atoms with Crippen molar-refractivity contribution in [2.45, 2.75) is 72.4 Å². The summed E-state index contributed by atoms with van der Waals surface area (Å²) in [5.41, 5.74) is 1.12. The Bertz CT molecular complexity index is 1410. The standard InChI is InChI=1S/C18H21ClO2.C15H17ClO2.C6H14O2.S3.S2/c1-4-11-18(13-20-17(2,3)21-14-18)12-7-9-15-8-5-6-10-16(15)19;1-2-9-15(11-17,12-18)10-5-7-13-6-3-4-8-14(13)16;1-4-7-6(3)8-5-2;1-3-2;1-2/h1,5-10H,11-14H2,2-3H3;1,3-8,17-18H,9-12H2;6H,4-5H2,1-3H3;;/b9-7+;7-5+;;;. The predicted molar refractivity (Wildman–Crippen MR) is 232 cm³/mol. The van der Waals surface area contributed by atoms with Gasteiger partial charge in [0, 0.05) is 101 Å². The van der Waals surface area contributed by atoms with Crippen molar-refractivity contribution in [2.75, 3.05) is 39.6 Å². The molecule has 0 atom stereocenters. The second-order valence-electron chi connectivity index (χ2n) is 11.9. The molecule has 13 heteroatoms. The van der Waals surface area contributed by atoms with Crippen LogP contribution in [-0.4, -0.2) is 61.9 Å². The van der Waals surface area contributed by atoms with Crippen molar-refractivity contribution >= 4 is 89.0 Å². The van der Waals surface area contributed by atoms with E-state index in [9.17, 15) is 10.2 Å². The minimum Gasteiger partial charge on any atom is -0.396 e. The van der Waals surface area contributed by atoms with Crippen LogP contribution in [0.25, 0.3) is 12.2 Å². The van der Waals surface area contributed by atoms with E-state index in [0.717, 1.165) is 44.7 Å². The summed E-state index contributed by atoms with van der Waals surface area (Å²) in [5.74, 6) is 4.71. The lowest BCUT2D eigenvalue weighted by Crippen LogP contribution is -2.46. The Morgan fingerprint density at radius 2 is 1.33 bits per heavy atom. The highest BCUT2D eigenvalue weighted by molar-refractivity contribution is 8.37. The lowest BCUT2D eigenvalue weighted by molar-refractivity contribution is -0.284. The zero-order valence-electron chi connectivity index (χ0n) is 30.6. The van der Waals surface area contributed by atoms with Crippen LogP contribution in [0.3, 0.4) is 0 Å². The van der Waals surface area contributed by atoms with Gasteiger partial charge in [-0.25, -0.2) is 0 Å². The molecule has 2 aromatic carbocycles. The maximum absolute atomic E-state index is 9.34. The van der Waals surface area contributed by atoms with Crippen molar-refractivity contribution in [3.63, 3.8) is 0 Å². The van der Waals surface area contributed by atoms with Crippen LogP contribution in [-0.2, 0) is 72.6 Å². The molecular formula is C39H52Cl2O6S5. The van der Waals surface area contributed by atoms with Crippen LogP contribution >= 0.6 is 23.2 Å². The summed E-state index contributed by atoms with van der Waals surface area (Å²) in [6.07, 6.45) is 20.9. The normalized spacial score (nSPS) is 14.2. The number of aliphatic hydroxyl groups excluding tert-OH is 2. The van der Waals surface area contributed by atoms with Crippen LogP contribution in [0.5, 0.6) is 0 Å². The average molecular weight is 848 g/mol. The molecule has 52 heavy (non-hydrogen) atoms. The Kier molecular flexibility index (Phi) is 32.2. The fourth-order valence-electron chi connectivity index (χ4n) is 4.44. The molecule has 288 valence electrons. The Morgan fingerprint density at radius 1 is 0.885 bits per heavy atom. The third kappa shape index (κ3) is 23.3. The van der Waals surface area contributed by atoms with Crippen molar-refractivity contribution in [1.82, 2.24) is 0 Å². The molecule has 3 rings (SSSR count). The Labute approximate surface area is 345 Å². The smallest absolute Gasteiger partial charge is 0.162 e. The maximum atomic E-state index is 9.34. The molecule has 1 heterocycles. The van der Waals surface area contributed by atoms with Crippen molar-refractivity contribution in [2.24, 2.45) is 10.8 Å². The SMILES string of the molecule is C#CCC(CO)(CO)C/C=C/c1ccccc1Cl.C#CCC1(C/C=C/c2ccccc2Cl)COC(C)(C)OC1.CCOC(C)OCC.S=S.S=S=S. The first-order chi connectivity index (χ1) is 24.9. The summed E-state index contributed by atoms with van der Waals surface area (Å²) in [6, 6.07) is 15.2. The molecule has 0 aliphatic carbocycles. The first-order valence-corrected chi connectivity index (χ1v) is 21.1. The van der Waals surface area contributed by atoms with E-state index in [2.05, 4.69) is 62.7 Å². The minimum absolute atomic E-state index is 0.0370. The number of ether oxygens (including phenoxy) is 4. The third-order valence-corrected chi connectivity index (χ3v) is 8.08. The maximum Gasteiger partial charge on any atom is 0.162 e. The number of benzene rings is 2. The molecule has 0 amide bonds. The van der Waals surface area contributed by atoms with Gasteiger partial charge in [0.1, 0.15) is 0 Å². The molecule has 2 N–H and O–H groups in total. The van der Waals surface area contributed by atoms with E-state index in [1.165, 1.54) is 0 Å². The van der Waals surface area contributed by atoms with Gasteiger partial charge in [-0.2, -0.15) is 0 Å². The minimum atomic E-state index is -0.646. The zero-order valence-corrected chi connectivity index (χ0v) is 36.2. The molecule has 6 nitrogen and oxygen atoms in total. The van der Waals surface area contributed by atoms with Crippen LogP contribution in [0.2, 0.25) is 10.0 Å². The lowest BCUT2D eigenvalue weighted by atomic mass is 9.82. The van der Waals surface area contributed by atoms with Crippen LogP contribution in [0.4, 0.5) is 0 Å². The predicted octanol–water partition coefficient (Wildman–Crippen LogP) is 8.67. The summed E-state index contributed by atoms with van der Waals surface area (Å²) in [7, 11) is 0.917. The van der Waals surface area contributed by atoms with Crippen molar-refractivity contribution in [3.05, 3.63) is 81.9 Å². The molecular weight excluding hydrogens is 796 g/mol. The van der Waals surface area contributed by atoms with Gasteiger partial charge in [0.25, 0.3) is 0 Å². The number of hydrogen-bond acceptors (Lipinski definition) is 10. The Morgan fingerprint density at radius 3 is 1.71 bits per heavy atom. The molecule has 1 aliphatic heterocycles. The summed E-state index contributed by atoms with van der Waals surface area (Å²) in [5, 5.41) is 20.1. The van der Waals surface area contributed by atoms with Gasteiger partial charge in [0.2, 0.25) is 0 Å². The molecule has 0 aromatic heterocycles. The van der Waals surface area contributed by atoms with E-state index >= 15 is 0 Å². The van der Waals surface area contributed by atoms with Crippen molar-refractivity contribution < 1.29 is 29.2 Å². The Hall–Kier alpha value is -1.52. The number of allylic oxidation sites excluding steroid dienone is 2. The van der Waals surface area contributed by atoms with Gasteiger partial charge < -0.3 is 29.2 Å². The van der Waals surface area contributed by atoms with Crippen molar-refractivity contribution in [1.29, 1.82) is 0 Å². The lowest BCUT2D eigenvalue weighted by Gasteiger charge is -2.42. The van der Waals surface area contributed by atoms with E-state index < -0.39 is 11.2 Å². The largest absolute Gasteiger partial charge is 0.396 e. The summed E-state index contributed by atoms with van der Waals surface area (Å²) in [4.78, 5) is 0. The molecule has 0 spiro atoms. The Balaban J connectivity index is 0. The number of rotatable bonds is 14. The topological polar surface area (TPSA) is 77.4 Å². The molecule has 0 bridgehead atoms. The number of terminal acetylenes is 2. The molecule has 2 aromatic rings. The summed E-state index contributed by atoms with van der Waals surface area (Å²) < 4.78 is 21.7. The van der Waals surface area contributed by atoms with Crippen LogP contribution in [0.1, 0.15) is 71.4 Å². The van der Waals surface area contributed by atoms with Gasteiger partial charge in [-0.15, -0.1) is 24.7 Å². The monoisotopic (exact) mass is 846 g/mol. The van der Waals surface area contributed by atoms with E-state index in [0.29, 0.717) is 37.5 Å². The van der Waals surface area contributed by atoms with Crippen LogP contribution < -0.4 is 0 Å². The van der Waals surface area contributed by atoms with E-state index in [4.69, 9.17) is 55.0 Å². The first kappa shape index (κ1) is 52.6. The molecule has 1 fully saturated rings. The van der Waals surface area contributed by atoms with E-state index in [-0.39, 0.29) is 24.9 Å². The molecule has 0 saturated carbocycles. The fourth-order valence-corrected chi connectivity index (χ4v) is 4.83. The molecule has 1 saturated heterocycles. The fraction of sp³-hybridized carbons (Fsp3) is 0.487. The molecule has 1 aliphatic rings. The highest BCUT2D eigenvalue weighted by Crippen LogP contribution is 2.36. The third-order valence-electron chi connectivity index (χ3n) is 7.39. The van der Waals surface area contributed by atoms with E-state index in [1.54, 1.807) is 0 Å². The van der Waals surface area contributed by atoms with Gasteiger partial charge in [-0.1, -0.05) is 83.9 Å². The highest BCUT2D eigenvalue weighted by Gasteiger charge is 2.38. The number of hydrogen-bond donors (Lipinski definition) is 2. The summed E-state index contributed by atoms with van der Waals surface area (Å²) in [6.45, 7) is 12.0. The van der Waals surface area contributed by atoms with E-state index in [1.807, 2.05) is 101 Å². The average Bonchev–Trinajstić information content (AvgIpc) is 3.13. The van der Waals surface area contributed by atoms with Crippen LogP contribution in [0.15, 0.2) is 60.7 Å². The van der Waals surface area contributed by atoms with Gasteiger partial charge >= 0.3 is 0 Å². The number of halogens is 2. The summed E-state index contributed by atoms with van der Waals surface area (Å²) >= 11 is 27.8. The molecule has 0 radical (unpaired) electrons. The quantitative estimate of drug-likeness (QED) is 0.143. The van der Waals surface area contributed by atoms with Gasteiger partial charge in [0.05, 0.1) is 26.4 Å². The van der Waals surface area contributed by atoms with Gasteiger partial charge in [-0.05, 0) is 70.7 Å². The molecule has 0 unspecified atom stereocenters.